The molecule has 2 amide bonds. The largest absolute Gasteiger partial charge is 0.492 e. The predicted octanol–water partition coefficient (Wildman–Crippen LogP) is 3.25. The van der Waals surface area contributed by atoms with E-state index in [1.54, 1.807) is 11.0 Å². The SMILES string of the molecule is CCOc1cc(N2CCCN(C(=O)NCCn3cnc4ccccc43)CC2)ccc1-n1cnc(C)n1. The second kappa shape index (κ2) is 10.7. The van der Waals surface area contributed by atoms with Crippen LogP contribution < -0.4 is 15.0 Å². The van der Waals surface area contributed by atoms with Crippen LogP contribution >= 0.6 is 0 Å². The van der Waals surface area contributed by atoms with Crippen molar-refractivity contribution in [2.45, 2.75) is 26.8 Å². The first kappa shape index (κ1) is 23.7. The van der Waals surface area contributed by atoms with Gasteiger partial charge in [-0.15, -0.1) is 0 Å². The molecule has 0 unspecified atom stereocenters. The molecule has 10 heteroatoms. The van der Waals surface area contributed by atoms with E-state index in [-0.39, 0.29) is 6.03 Å². The molecule has 1 N–H and O–H groups in total. The first-order chi connectivity index (χ1) is 17.6. The van der Waals surface area contributed by atoms with Crippen LogP contribution in [0.3, 0.4) is 0 Å². The Labute approximate surface area is 210 Å². The predicted molar refractivity (Wildman–Crippen MR) is 139 cm³/mol. The van der Waals surface area contributed by atoms with Gasteiger partial charge in [0.2, 0.25) is 0 Å². The first-order valence-electron chi connectivity index (χ1n) is 12.5. The van der Waals surface area contributed by atoms with Crippen LogP contribution in [0.25, 0.3) is 16.7 Å². The van der Waals surface area contributed by atoms with Crippen molar-refractivity contribution >= 4 is 22.8 Å². The van der Waals surface area contributed by atoms with Crippen molar-refractivity contribution in [3.8, 4) is 11.4 Å². The van der Waals surface area contributed by atoms with Crippen molar-refractivity contribution < 1.29 is 9.53 Å². The van der Waals surface area contributed by atoms with Gasteiger partial charge >= 0.3 is 6.03 Å². The maximum absolute atomic E-state index is 12.9. The summed E-state index contributed by atoms with van der Waals surface area (Å²) in [6, 6.07) is 14.2. The Balaban J connectivity index is 1.19. The summed E-state index contributed by atoms with van der Waals surface area (Å²) in [5.74, 6) is 1.48. The topological polar surface area (TPSA) is 93.3 Å². The van der Waals surface area contributed by atoms with Gasteiger partial charge in [-0.3, -0.25) is 0 Å². The summed E-state index contributed by atoms with van der Waals surface area (Å²) in [5, 5.41) is 7.50. The number of anilines is 1. The van der Waals surface area contributed by atoms with Gasteiger partial charge in [-0.1, -0.05) is 12.1 Å². The molecule has 0 aliphatic carbocycles. The fourth-order valence-corrected chi connectivity index (χ4v) is 4.58. The van der Waals surface area contributed by atoms with E-state index in [0.717, 1.165) is 54.2 Å². The fourth-order valence-electron chi connectivity index (χ4n) is 4.58. The molecule has 3 heterocycles. The van der Waals surface area contributed by atoms with Gasteiger partial charge in [0.1, 0.15) is 23.6 Å². The molecule has 2 aromatic heterocycles. The molecule has 4 aromatic rings. The van der Waals surface area contributed by atoms with Crippen molar-refractivity contribution in [2.75, 3.05) is 44.2 Å². The second-order valence-electron chi connectivity index (χ2n) is 8.81. The molecule has 36 heavy (non-hydrogen) atoms. The number of nitrogens with one attached hydrogen (secondary N) is 1. The standard InChI is InChI=1S/C26H32N8O2/c1-3-36-25-17-21(9-10-24(25)34-19-28-20(2)30-34)31-12-6-13-32(16-15-31)26(35)27-11-14-33-18-29-22-7-4-5-8-23(22)33/h4-5,7-10,17-19H,3,6,11-16H2,1-2H3,(H,27,35). The lowest BCUT2D eigenvalue weighted by Crippen LogP contribution is -2.43. The molecule has 10 nitrogen and oxygen atoms in total. The molecule has 0 atom stereocenters. The zero-order valence-electron chi connectivity index (χ0n) is 20.8. The summed E-state index contributed by atoms with van der Waals surface area (Å²) in [4.78, 5) is 25.7. The highest BCUT2D eigenvalue weighted by molar-refractivity contribution is 5.75. The molecule has 0 radical (unpaired) electrons. The Morgan fingerprint density at radius 2 is 1.94 bits per heavy atom. The minimum Gasteiger partial charge on any atom is -0.492 e. The van der Waals surface area contributed by atoms with E-state index < -0.39 is 0 Å². The molecule has 188 valence electrons. The lowest BCUT2D eigenvalue weighted by molar-refractivity contribution is 0.201. The Kier molecular flexibility index (Phi) is 7.01. The average Bonchev–Trinajstić information content (AvgIpc) is 3.42. The number of ether oxygens (including phenoxy) is 1. The van der Waals surface area contributed by atoms with Crippen LogP contribution in [0.15, 0.2) is 55.1 Å². The summed E-state index contributed by atoms with van der Waals surface area (Å²) in [7, 11) is 0. The van der Waals surface area contributed by atoms with Gasteiger partial charge < -0.3 is 24.4 Å². The molecular weight excluding hydrogens is 456 g/mol. The average molecular weight is 489 g/mol. The van der Waals surface area contributed by atoms with E-state index >= 15 is 0 Å². The van der Waals surface area contributed by atoms with Crippen LogP contribution in [-0.2, 0) is 6.54 Å². The molecule has 1 aliphatic rings. The van der Waals surface area contributed by atoms with Crippen LogP contribution in [0.1, 0.15) is 19.2 Å². The van der Waals surface area contributed by atoms with Crippen LogP contribution in [0, 0.1) is 6.92 Å². The third kappa shape index (κ3) is 5.12. The van der Waals surface area contributed by atoms with Crippen LogP contribution in [0.4, 0.5) is 10.5 Å². The van der Waals surface area contributed by atoms with E-state index in [9.17, 15) is 4.79 Å². The lowest BCUT2D eigenvalue weighted by Gasteiger charge is -2.25. The van der Waals surface area contributed by atoms with Crippen LogP contribution in [0.2, 0.25) is 0 Å². The number of carbonyl (C=O) groups excluding carboxylic acids is 1. The summed E-state index contributed by atoms with van der Waals surface area (Å²) in [5.41, 5.74) is 3.98. The maximum Gasteiger partial charge on any atom is 0.317 e. The number of carbonyl (C=O) groups is 1. The number of para-hydroxylation sites is 2. The highest BCUT2D eigenvalue weighted by atomic mass is 16.5. The zero-order valence-corrected chi connectivity index (χ0v) is 20.8. The van der Waals surface area contributed by atoms with Gasteiger partial charge in [0.25, 0.3) is 0 Å². The number of rotatable bonds is 7. The number of hydrogen-bond donors (Lipinski definition) is 1. The van der Waals surface area contributed by atoms with Crippen LogP contribution in [-0.4, -0.2) is 74.6 Å². The monoisotopic (exact) mass is 488 g/mol. The number of fused-ring (bicyclic) bond motifs is 1. The normalized spacial score (nSPS) is 14.2. The zero-order chi connectivity index (χ0) is 24.9. The molecule has 5 rings (SSSR count). The van der Waals surface area contributed by atoms with Gasteiger partial charge in [0.15, 0.2) is 0 Å². The number of imidazole rings is 1. The highest BCUT2D eigenvalue weighted by Crippen LogP contribution is 2.29. The Hall–Kier alpha value is -4.08. The summed E-state index contributed by atoms with van der Waals surface area (Å²) in [6.45, 7) is 8.66. The summed E-state index contributed by atoms with van der Waals surface area (Å²) >= 11 is 0. The minimum atomic E-state index is -0.0202. The van der Waals surface area contributed by atoms with Crippen molar-refractivity contribution in [1.29, 1.82) is 0 Å². The lowest BCUT2D eigenvalue weighted by atomic mass is 10.2. The van der Waals surface area contributed by atoms with Crippen molar-refractivity contribution in [1.82, 2.24) is 34.5 Å². The van der Waals surface area contributed by atoms with E-state index in [4.69, 9.17) is 4.74 Å². The van der Waals surface area contributed by atoms with Gasteiger partial charge in [0.05, 0.1) is 24.0 Å². The van der Waals surface area contributed by atoms with E-state index in [2.05, 4.69) is 42.0 Å². The number of aromatic nitrogens is 5. The van der Waals surface area contributed by atoms with Gasteiger partial charge in [0, 0.05) is 51.0 Å². The number of aryl methyl sites for hydroxylation is 1. The highest BCUT2D eigenvalue weighted by Gasteiger charge is 2.20. The Morgan fingerprint density at radius 1 is 1.06 bits per heavy atom. The fraction of sp³-hybridized carbons (Fsp3) is 0.385. The molecule has 0 spiro atoms. The summed E-state index contributed by atoms with van der Waals surface area (Å²) in [6.07, 6.45) is 4.42. The number of benzene rings is 2. The summed E-state index contributed by atoms with van der Waals surface area (Å²) < 4.78 is 9.74. The minimum absolute atomic E-state index is 0.0202. The molecule has 1 saturated heterocycles. The molecule has 1 fully saturated rings. The first-order valence-corrected chi connectivity index (χ1v) is 12.5. The third-order valence-corrected chi connectivity index (χ3v) is 6.40. The number of urea groups is 1. The quantitative estimate of drug-likeness (QED) is 0.429. The number of hydrogen-bond acceptors (Lipinski definition) is 6. The number of amides is 2. The van der Waals surface area contributed by atoms with Crippen LogP contribution in [0.5, 0.6) is 5.75 Å². The van der Waals surface area contributed by atoms with Crippen molar-refractivity contribution in [3.63, 3.8) is 0 Å². The van der Waals surface area contributed by atoms with Crippen molar-refractivity contribution in [2.24, 2.45) is 0 Å². The maximum atomic E-state index is 12.9. The molecular formula is C26H32N8O2. The van der Waals surface area contributed by atoms with E-state index in [1.165, 1.54) is 0 Å². The smallest absolute Gasteiger partial charge is 0.317 e. The molecule has 1 aliphatic heterocycles. The van der Waals surface area contributed by atoms with Gasteiger partial charge in [-0.25, -0.2) is 19.4 Å². The van der Waals surface area contributed by atoms with E-state index in [0.29, 0.717) is 32.1 Å². The van der Waals surface area contributed by atoms with Gasteiger partial charge in [-0.05, 0) is 44.5 Å². The molecule has 0 bridgehead atoms. The van der Waals surface area contributed by atoms with E-state index in [1.807, 2.05) is 55.4 Å². The Bertz CT molecular complexity index is 1330. The van der Waals surface area contributed by atoms with Crippen molar-refractivity contribution in [3.05, 3.63) is 60.9 Å². The number of nitrogens with zero attached hydrogens (tertiary/aromatic N) is 7. The third-order valence-electron chi connectivity index (χ3n) is 6.40. The molecule has 0 saturated carbocycles. The Morgan fingerprint density at radius 3 is 2.78 bits per heavy atom. The second-order valence-corrected chi connectivity index (χ2v) is 8.81. The van der Waals surface area contributed by atoms with Gasteiger partial charge in [-0.2, -0.15) is 5.10 Å². The molecule has 2 aromatic carbocycles.